The zero-order valence-electron chi connectivity index (χ0n) is 5.20. The molecule has 0 amide bonds. The van der Waals surface area contributed by atoms with E-state index in [-0.39, 0.29) is 0 Å². The molecular formula is C7H5NO2. The smallest absolute Gasteiger partial charge is 0.231 e. The van der Waals surface area contributed by atoms with E-state index in [1.807, 2.05) is 23.0 Å². The number of hydrogen-bond donors (Lipinski definition) is 0. The number of rotatable bonds is 0. The second-order valence-electron chi connectivity index (χ2n) is 2.34. The first kappa shape index (κ1) is 4.44. The van der Waals surface area contributed by atoms with Crippen LogP contribution in [0.5, 0.6) is 11.5 Å². The van der Waals surface area contributed by atoms with Crippen molar-refractivity contribution in [1.29, 1.82) is 0 Å². The van der Waals surface area contributed by atoms with Crippen molar-refractivity contribution in [1.82, 2.24) is 4.57 Å². The average molecular weight is 135 g/mol. The Hall–Kier alpha value is -1.38. The number of aromatic nitrogens is 1. The number of ether oxygens (including phenoxy) is 2. The fourth-order valence-electron chi connectivity index (χ4n) is 1.25. The van der Waals surface area contributed by atoms with Crippen molar-refractivity contribution < 1.29 is 9.47 Å². The van der Waals surface area contributed by atoms with Gasteiger partial charge in [0, 0.05) is 6.20 Å². The van der Waals surface area contributed by atoms with E-state index in [0.29, 0.717) is 6.79 Å². The second-order valence-corrected chi connectivity index (χ2v) is 2.34. The molecule has 0 saturated heterocycles. The molecule has 0 aromatic carbocycles. The molecule has 3 heterocycles. The lowest BCUT2D eigenvalue weighted by molar-refractivity contribution is 0.171. The molecule has 1 aromatic rings. The first-order valence-corrected chi connectivity index (χ1v) is 3.14. The summed E-state index contributed by atoms with van der Waals surface area (Å²) in [5.74, 6) is 1.75. The summed E-state index contributed by atoms with van der Waals surface area (Å²) in [6.45, 7) is 0.367. The normalized spacial score (nSPS) is 16.8. The van der Waals surface area contributed by atoms with E-state index in [1.54, 1.807) is 0 Å². The highest BCUT2D eigenvalue weighted by atomic mass is 16.7. The maximum atomic E-state index is 5.21. The van der Waals surface area contributed by atoms with Crippen LogP contribution >= 0.6 is 0 Å². The minimum atomic E-state index is 0.367. The largest absolute Gasteiger partial charge is 0.452 e. The lowest BCUT2D eigenvalue weighted by atomic mass is 10.3. The second kappa shape index (κ2) is 1.21. The van der Waals surface area contributed by atoms with Gasteiger partial charge in [0.1, 0.15) is 0 Å². The van der Waals surface area contributed by atoms with E-state index >= 15 is 0 Å². The van der Waals surface area contributed by atoms with Crippen LogP contribution < -0.4 is 9.47 Å². The van der Waals surface area contributed by atoms with Crippen LogP contribution in [0.4, 0.5) is 0 Å². The van der Waals surface area contributed by atoms with Crippen LogP contribution in [0.2, 0.25) is 0 Å². The van der Waals surface area contributed by atoms with Crippen LogP contribution in [0.25, 0.3) is 12.3 Å². The summed E-state index contributed by atoms with van der Waals surface area (Å²) in [7, 11) is 0. The van der Waals surface area contributed by atoms with Gasteiger partial charge in [-0.1, -0.05) is 0 Å². The van der Waals surface area contributed by atoms with Gasteiger partial charge >= 0.3 is 0 Å². The first-order chi connectivity index (χ1) is 4.95. The third-order valence-electron chi connectivity index (χ3n) is 1.80. The van der Waals surface area contributed by atoms with Gasteiger partial charge in [-0.15, -0.1) is 0 Å². The van der Waals surface area contributed by atoms with Crippen molar-refractivity contribution in [3.63, 3.8) is 0 Å². The van der Waals surface area contributed by atoms with Crippen molar-refractivity contribution in [3.8, 4) is 11.5 Å². The predicted molar refractivity (Wildman–Crippen MR) is 35.8 cm³/mol. The van der Waals surface area contributed by atoms with Gasteiger partial charge in [-0.05, 0) is 6.08 Å². The van der Waals surface area contributed by atoms with Crippen molar-refractivity contribution in [2.75, 3.05) is 6.79 Å². The summed E-state index contributed by atoms with van der Waals surface area (Å²) in [5, 5.41) is 0. The van der Waals surface area contributed by atoms with Crippen LogP contribution in [0, 0.1) is 0 Å². The standard InChI is InChI=1S/C7H5NO2/c1-2-8-3-6-7(5(1)8)10-4-9-6/h1-3H,4H2. The summed E-state index contributed by atoms with van der Waals surface area (Å²) in [6, 6.07) is 0. The van der Waals surface area contributed by atoms with Crippen molar-refractivity contribution in [3.05, 3.63) is 11.9 Å². The van der Waals surface area contributed by atoms with Crippen LogP contribution in [0.1, 0.15) is 5.69 Å². The summed E-state index contributed by atoms with van der Waals surface area (Å²) < 4.78 is 12.4. The van der Waals surface area contributed by atoms with Crippen molar-refractivity contribution in [2.45, 2.75) is 0 Å². The molecular weight excluding hydrogens is 130 g/mol. The molecule has 2 aliphatic heterocycles. The molecule has 0 fully saturated rings. The van der Waals surface area contributed by atoms with Crippen LogP contribution in [-0.4, -0.2) is 11.4 Å². The Morgan fingerprint density at radius 3 is 3.20 bits per heavy atom. The Kier molecular flexibility index (Phi) is 0.537. The van der Waals surface area contributed by atoms with E-state index < -0.39 is 0 Å². The SMILES string of the molecule is C1=Cn2cc3c(c21)OCO3. The molecule has 0 atom stereocenters. The molecule has 0 spiro atoms. The van der Waals surface area contributed by atoms with E-state index in [9.17, 15) is 0 Å². The summed E-state index contributed by atoms with van der Waals surface area (Å²) >= 11 is 0. The topological polar surface area (TPSA) is 23.4 Å². The zero-order valence-corrected chi connectivity index (χ0v) is 5.20. The van der Waals surface area contributed by atoms with Gasteiger partial charge < -0.3 is 14.0 Å². The molecule has 3 rings (SSSR count). The molecule has 3 nitrogen and oxygen atoms in total. The third-order valence-corrected chi connectivity index (χ3v) is 1.80. The Morgan fingerprint density at radius 1 is 1.40 bits per heavy atom. The average Bonchev–Trinajstić information content (AvgIpc) is 2.35. The molecule has 10 heavy (non-hydrogen) atoms. The molecule has 50 valence electrons. The van der Waals surface area contributed by atoms with Gasteiger partial charge in [0.2, 0.25) is 6.79 Å². The highest BCUT2D eigenvalue weighted by Crippen LogP contribution is 2.41. The fraction of sp³-hybridized carbons (Fsp3) is 0.143. The van der Waals surface area contributed by atoms with Gasteiger partial charge in [-0.3, -0.25) is 0 Å². The fourth-order valence-corrected chi connectivity index (χ4v) is 1.25. The molecule has 0 unspecified atom stereocenters. The highest BCUT2D eigenvalue weighted by molar-refractivity contribution is 5.77. The summed E-state index contributed by atoms with van der Waals surface area (Å²) in [5.41, 5.74) is 1.12. The molecule has 0 bridgehead atoms. The van der Waals surface area contributed by atoms with Gasteiger partial charge in [0.15, 0.2) is 11.5 Å². The predicted octanol–water partition coefficient (Wildman–Crippen LogP) is 1.16. The number of nitrogens with zero attached hydrogens (tertiary/aromatic N) is 1. The third kappa shape index (κ3) is 0.319. The molecule has 1 aromatic heterocycles. The highest BCUT2D eigenvalue weighted by Gasteiger charge is 2.24. The Labute approximate surface area is 57.5 Å². The van der Waals surface area contributed by atoms with E-state index in [0.717, 1.165) is 17.2 Å². The zero-order chi connectivity index (χ0) is 6.55. The molecule has 0 saturated carbocycles. The molecule has 0 N–H and O–H groups in total. The number of hydrogen-bond acceptors (Lipinski definition) is 2. The monoisotopic (exact) mass is 135 g/mol. The van der Waals surface area contributed by atoms with Gasteiger partial charge in [-0.25, -0.2) is 0 Å². The van der Waals surface area contributed by atoms with Gasteiger partial charge in [-0.2, -0.15) is 0 Å². The Bertz CT molecular complexity index is 325. The minimum Gasteiger partial charge on any atom is -0.452 e. The number of fused-ring (bicyclic) bond motifs is 3. The molecule has 0 aliphatic carbocycles. The maximum absolute atomic E-state index is 5.21. The quantitative estimate of drug-likeness (QED) is 0.541. The maximum Gasteiger partial charge on any atom is 0.231 e. The summed E-state index contributed by atoms with van der Waals surface area (Å²) in [6.07, 6.45) is 5.91. The van der Waals surface area contributed by atoms with E-state index in [1.165, 1.54) is 0 Å². The van der Waals surface area contributed by atoms with Gasteiger partial charge in [0.25, 0.3) is 0 Å². The van der Waals surface area contributed by atoms with Crippen LogP contribution in [0.15, 0.2) is 6.20 Å². The molecule has 3 heteroatoms. The molecule has 2 aliphatic rings. The molecule has 0 radical (unpaired) electrons. The van der Waals surface area contributed by atoms with Crippen LogP contribution in [-0.2, 0) is 0 Å². The van der Waals surface area contributed by atoms with Crippen molar-refractivity contribution >= 4 is 12.3 Å². The van der Waals surface area contributed by atoms with Gasteiger partial charge in [0.05, 0.1) is 11.9 Å². The lowest BCUT2D eigenvalue weighted by Gasteiger charge is -2.08. The lowest BCUT2D eigenvalue weighted by Crippen LogP contribution is -2.01. The van der Waals surface area contributed by atoms with Crippen molar-refractivity contribution in [2.24, 2.45) is 0 Å². The summed E-state index contributed by atoms with van der Waals surface area (Å²) in [4.78, 5) is 0. The minimum absolute atomic E-state index is 0.367. The Balaban J connectivity index is 2.32. The Morgan fingerprint density at radius 2 is 2.40 bits per heavy atom. The van der Waals surface area contributed by atoms with E-state index in [2.05, 4.69) is 0 Å². The van der Waals surface area contributed by atoms with Crippen LogP contribution in [0.3, 0.4) is 0 Å². The first-order valence-electron chi connectivity index (χ1n) is 3.14. The van der Waals surface area contributed by atoms with E-state index in [4.69, 9.17) is 9.47 Å².